The van der Waals surface area contributed by atoms with Gasteiger partial charge in [0.25, 0.3) is 0 Å². The lowest BCUT2D eigenvalue weighted by Crippen LogP contribution is -2.12. The molecule has 1 aromatic heterocycles. The number of rotatable bonds is 7. The molecule has 1 N–H and O–H groups in total. The number of anilines is 1. The van der Waals surface area contributed by atoms with Crippen LogP contribution >= 0.6 is 11.5 Å². The maximum atomic E-state index is 4.44. The van der Waals surface area contributed by atoms with Crippen LogP contribution in [0, 0.1) is 5.92 Å². The summed E-state index contributed by atoms with van der Waals surface area (Å²) in [7, 11) is 0. The Labute approximate surface area is 96.5 Å². The third-order valence-corrected chi connectivity index (χ3v) is 3.35. The second kappa shape index (κ2) is 6.77. The van der Waals surface area contributed by atoms with Crippen molar-refractivity contribution < 1.29 is 0 Å². The van der Waals surface area contributed by atoms with E-state index in [2.05, 4.69) is 35.4 Å². The van der Waals surface area contributed by atoms with Gasteiger partial charge in [-0.1, -0.05) is 33.6 Å². The van der Waals surface area contributed by atoms with Crippen LogP contribution in [0.25, 0.3) is 0 Å². The number of nitrogens with zero attached hydrogens (tertiary/aromatic N) is 2. The van der Waals surface area contributed by atoms with E-state index in [0.717, 1.165) is 36.3 Å². The number of nitrogens with one attached hydrogen (secondary N) is 1. The normalized spacial score (nSPS) is 10.9. The summed E-state index contributed by atoms with van der Waals surface area (Å²) in [6, 6.07) is 0. The molecule has 0 spiro atoms. The summed E-state index contributed by atoms with van der Waals surface area (Å²) in [5.41, 5.74) is 0. The average Bonchev–Trinajstić information content (AvgIpc) is 2.68. The summed E-state index contributed by atoms with van der Waals surface area (Å²) < 4.78 is 4.30. The molecule has 4 heteroatoms. The third kappa shape index (κ3) is 4.16. The van der Waals surface area contributed by atoms with Crippen molar-refractivity contribution in [3.05, 3.63) is 5.82 Å². The van der Waals surface area contributed by atoms with Gasteiger partial charge in [-0.25, -0.2) is 4.98 Å². The van der Waals surface area contributed by atoms with Crippen LogP contribution in [-0.2, 0) is 6.42 Å². The topological polar surface area (TPSA) is 37.8 Å². The van der Waals surface area contributed by atoms with E-state index in [1.807, 2.05) is 0 Å². The van der Waals surface area contributed by atoms with E-state index in [1.165, 1.54) is 24.4 Å². The van der Waals surface area contributed by atoms with E-state index in [0.29, 0.717) is 0 Å². The summed E-state index contributed by atoms with van der Waals surface area (Å²) in [4.78, 5) is 4.44. The van der Waals surface area contributed by atoms with Gasteiger partial charge in [0.05, 0.1) is 0 Å². The highest BCUT2D eigenvalue weighted by Crippen LogP contribution is 2.14. The van der Waals surface area contributed by atoms with Gasteiger partial charge >= 0.3 is 0 Å². The highest BCUT2D eigenvalue weighted by atomic mass is 32.1. The van der Waals surface area contributed by atoms with E-state index in [4.69, 9.17) is 0 Å². The van der Waals surface area contributed by atoms with Gasteiger partial charge in [-0.3, -0.25) is 0 Å². The average molecular weight is 227 g/mol. The van der Waals surface area contributed by atoms with Crippen LogP contribution in [-0.4, -0.2) is 15.9 Å². The summed E-state index contributed by atoms with van der Waals surface area (Å²) in [5, 5.41) is 4.35. The van der Waals surface area contributed by atoms with Gasteiger partial charge in [-0.2, -0.15) is 4.37 Å². The molecule has 0 saturated heterocycles. The predicted octanol–water partition coefficient (Wildman–Crippen LogP) is 3.34. The Hall–Kier alpha value is -0.640. The maximum Gasteiger partial charge on any atom is 0.202 e. The Morgan fingerprint density at radius 1 is 1.27 bits per heavy atom. The van der Waals surface area contributed by atoms with Crippen molar-refractivity contribution in [3.63, 3.8) is 0 Å². The molecule has 0 aliphatic heterocycles. The zero-order chi connectivity index (χ0) is 11.1. The first-order chi connectivity index (χ1) is 7.30. The van der Waals surface area contributed by atoms with Crippen LogP contribution < -0.4 is 5.32 Å². The molecule has 0 aliphatic rings. The first-order valence-electron chi connectivity index (χ1n) is 5.86. The minimum atomic E-state index is 0.753. The van der Waals surface area contributed by atoms with Crippen molar-refractivity contribution in [2.75, 3.05) is 11.9 Å². The monoisotopic (exact) mass is 227 g/mol. The quantitative estimate of drug-likeness (QED) is 0.776. The Balaban J connectivity index is 2.36. The van der Waals surface area contributed by atoms with E-state index in [1.54, 1.807) is 0 Å². The molecule has 3 nitrogen and oxygen atoms in total. The lowest BCUT2D eigenvalue weighted by Gasteiger charge is -2.11. The van der Waals surface area contributed by atoms with Crippen LogP contribution in [0.4, 0.5) is 5.13 Å². The van der Waals surface area contributed by atoms with Gasteiger partial charge in [0.15, 0.2) is 0 Å². The fraction of sp³-hybridized carbons (Fsp3) is 0.818. The summed E-state index contributed by atoms with van der Waals surface area (Å²) in [5.74, 6) is 1.73. The van der Waals surface area contributed by atoms with Crippen molar-refractivity contribution in [1.29, 1.82) is 0 Å². The van der Waals surface area contributed by atoms with Crippen molar-refractivity contribution in [3.8, 4) is 0 Å². The highest BCUT2D eigenvalue weighted by molar-refractivity contribution is 7.09. The minimum absolute atomic E-state index is 0.753. The zero-order valence-corrected chi connectivity index (χ0v) is 10.7. The summed E-state index contributed by atoms with van der Waals surface area (Å²) >= 11 is 1.48. The number of hydrogen-bond acceptors (Lipinski definition) is 4. The van der Waals surface area contributed by atoms with E-state index in [-0.39, 0.29) is 0 Å². The van der Waals surface area contributed by atoms with Crippen LogP contribution in [0.5, 0.6) is 0 Å². The molecule has 15 heavy (non-hydrogen) atoms. The second-order valence-corrected chi connectivity index (χ2v) is 4.58. The van der Waals surface area contributed by atoms with Crippen LogP contribution in [0.3, 0.4) is 0 Å². The lowest BCUT2D eigenvalue weighted by molar-refractivity contribution is 0.519. The molecule has 1 aromatic rings. The molecule has 1 rings (SSSR count). The van der Waals surface area contributed by atoms with Crippen LogP contribution in [0.15, 0.2) is 0 Å². The van der Waals surface area contributed by atoms with E-state index >= 15 is 0 Å². The fourth-order valence-corrected chi connectivity index (χ4v) is 2.08. The van der Waals surface area contributed by atoms with Crippen molar-refractivity contribution in [1.82, 2.24) is 9.36 Å². The number of aromatic nitrogens is 2. The van der Waals surface area contributed by atoms with Gasteiger partial charge in [-0.05, 0) is 12.3 Å². The van der Waals surface area contributed by atoms with E-state index in [9.17, 15) is 0 Å². The lowest BCUT2D eigenvalue weighted by atomic mass is 10.0. The molecule has 0 amide bonds. The molecule has 0 atom stereocenters. The molecule has 0 aliphatic carbocycles. The standard InChI is InChI=1S/C11H21N3S/c1-4-7-10-13-11(15-14-10)12-8-9(5-2)6-3/h9H,4-8H2,1-3H3,(H,12,13,14). The molecular formula is C11H21N3S. The van der Waals surface area contributed by atoms with Crippen LogP contribution in [0.1, 0.15) is 45.9 Å². The second-order valence-electron chi connectivity index (χ2n) is 3.83. The first kappa shape index (κ1) is 12.4. The third-order valence-electron chi connectivity index (χ3n) is 2.64. The molecule has 0 unspecified atom stereocenters. The molecule has 1 heterocycles. The van der Waals surface area contributed by atoms with Gasteiger partial charge in [0.2, 0.25) is 5.13 Å². The highest BCUT2D eigenvalue weighted by Gasteiger charge is 2.06. The number of aryl methyl sites for hydroxylation is 1. The largest absolute Gasteiger partial charge is 0.360 e. The van der Waals surface area contributed by atoms with Gasteiger partial charge in [-0.15, -0.1) is 0 Å². The van der Waals surface area contributed by atoms with Crippen LogP contribution in [0.2, 0.25) is 0 Å². The Morgan fingerprint density at radius 2 is 2.00 bits per heavy atom. The van der Waals surface area contributed by atoms with Gasteiger partial charge in [0.1, 0.15) is 5.82 Å². The molecule has 0 aromatic carbocycles. The fourth-order valence-electron chi connectivity index (χ4n) is 1.46. The summed E-state index contributed by atoms with van der Waals surface area (Å²) in [6.45, 7) is 7.64. The van der Waals surface area contributed by atoms with Gasteiger partial charge in [0, 0.05) is 24.5 Å². The maximum absolute atomic E-state index is 4.44. The first-order valence-corrected chi connectivity index (χ1v) is 6.63. The molecule has 0 bridgehead atoms. The summed E-state index contributed by atoms with van der Waals surface area (Å²) in [6.07, 6.45) is 4.56. The predicted molar refractivity (Wildman–Crippen MR) is 66.5 cm³/mol. The Kier molecular flexibility index (Phi) is 5.61. The van der Waals surface area contributed by atoms with Gasteiger partial charge < -0.3 is 5.32 Å². The Morgan fingerprint density at radius 3 is 2.60 bits per heavy atom. The van der Waals surface area contributed by atoms with Crippen molar-refractivity contribution >= 4 is 16.7 Å². The SMILES string of the molecule is CCCc1nsc(NCC(CC)CC)n1. The minimum Gasteiger partial charge on any atom is -0.360 e. The molecular weight excluding hydrogens is 206 g/mol. The zero-order valence-electron chi connectivity index (χ0n) is 9.92. The number of hydrogen-bond donors (Lipinski definition) is 1. The molecule has 86 valence electrons. The molecule has 0 radical (unpaired) electrons. The smallest absolute Gasteiger partial charge is 0.202 e. The molecule has 0 saturated carbocycles. The van der Waals surface area contributed by atoms with E-state index < -0.39 is 0 Å². The Bertz CT molecular complexity index is 269. The van der Waals surface area contributed by atoms with Crippen molar-refractivity contribution in [2.24, 2.45) is 5.92 Å². The van der Waals surface area contributed by atoms with Crippen molar-refractivity contribution in [2.45, 2.75) is 46.5 Å². The molecule has 0 fully saturated rings.